The molecule has 1 unspecified atom stereocenters. The van der Waals surface area contributed by atoms with Crippen molar-refractivity contribution in [1.82, 2.24) is 15.0 Å². The Bertz CT molecular complexity index is 695. The maximum absolute atomic E-state index is 5.77. The van der Waals surface area contributed by atoms with Gasteiger partial charge in [0.2, 0.25) is 5.89 Å². The molecule has 0 N–H and O–H groups in total. The molecule has 3 rings (SSSR count). The Kier molecular flexibility index (Phi) is 2.95. The minimum absolute atomic E-state index is 0.139. The van der Waals surface area contributed by atoms with E-state index in [1.807, 2.05) is 30.3 Å². The van der Waals surface area contributed by atoms with Crippen molar-refractivity contribution in [2.45, 2.75) is 12.3 Å². The van der Waals surface area contributed by atoms with E-state index in [1.165, 1.54) is 6.33 Å². The van der Waals surface area contributed by atoms with Crippen LogP contribution in [0, 0.1) is 12.3 Å². The van der Waals surface area contributed by atoms with Gasteiger partial charge in [-0.3, -0.25) is 0 Å². The van der Waals surface area contributed by atoms with Gasteiger partial charge in [-0.05, 0) is 18.2 Å². The highest BCUT2D eigenvalue weighted by molar-refractivity contribution is 5.72. The molecule has 3 aromatic rings. The topological polar surface area (TPSA) is 51.8 Å². The molecule has 0 aliphatic carbocycles. The first-order chi connectivity index (χ1) is 9.38. The number of hydrogen-bond donors (Lipinski definition) is 0. The molecule has 0 spiro atoms. The van der Waals surface area contributed by atoms with Gasteiger partial charge in [0.15, 0.2) is 5.58 Å². The summed E-state index contributed by atoms with van der Waals surface area (Å²) in [6.07, 6.45) is 9.12. The van der Waals surface area contributed by atoms with Gasteiger partial charge in [-0.25, -0.2) is 15.0 Å². The molecule has 0 aliphatic rings. The predicted molar refractivity (Wildman–Crippen MR) is 71.3 cm³/mol. The molecule has 0 saturated heterocycles. The normalized spacial score (nSPS) is 12.2. The van der Waals surface area contributed by atoms with Crippen LogP contribution in [0.5, 0.6) is 0 Å². The van der Waals surface area contributed by atoms with Gasteiger partial charge >= 0.3 is 0 Å². The van der Waals surface area contributed by atoms with E-state index in [4.69, 9.17) is 10.8 Å². The van der Waals surface area contributed by atoms with E-state index in [9.17, 15) is 0 Å². The van der Waals surface area contributed by atoms with Crippen LogP contribution in [0.2, 0.25) is 0 Å². The third-order valence-electron chi connectivity index (χ3n) is 2.89. The highest BCUT2D eigenvalue weighted by atomic mass is 16.3. The van der Waals surface area contributed by atoms with Crippen LogP contribution in [0.1, 0.15) is 23.9 Å². The summed E-state index contributed by atoms with van der Waals surface area (Å²) in [5.41, 5.74) is 2.40. The quantitative estimate of drug-likeness (QED) is 0.670. The smallest absolute Gasteiger partial charge is 0.205 e. The SMILES string of the molecule is C#CCC(c1ccncn1)c1nc2ccccc2o1. The summed E-state index contributed by atoms with van der Waals surface area (Å²) in [7, 11) is 0. The third-order valence-corrected chi connectivity index (χ3v) is 2.89. The number of oxazole rings is 1. The van der Waals surface area contributed by atoms with E-state index in [0.29, 0.717) is 12.3 Å². The Hall–Kier alpha value is -2.67. The number of para-hydroxylation sites is 2. The minimum Gasteiger partial charge on any atom is -0.440 e. The first kappa shape index (κ1) is 11.4. The maximum atomic E-state index is 5.77. The van der Waals surface area contributed by atoms with Crippen molar-refractivity contribution in [1.29, 1.82) is 0 Å². The van der Waals surface area contributed by atoms with E-state index in [0.717, 1.165) is 16.8 Å². The zero-order valence-corrected chi connectivity index (χ0v) is 10.2. The van der Waals surface area contributed by atoms with E-state index in [-0.39, 0.29) is 5.92 Å². The second-order valence-electron chi connectivity index (χ2n) is 4.11. The van der Waals surface area contributed by atoms with Crippen LogP contribution in [0.3, 0.4) is 0 Å². The second kappa shape index (κ2) is 4.91. The summed E-state index contributed by atoms with van der Waals surface area (Å²) >= 11 is 0. The first-order valence-corrected chi connectivity index (χ1v) is 5.93. The zero-order chi connectivity index (χ0) is 13.1. The van der Waals surface area contributed by atoms with Crippen molar-refractivity contribution in [2.24, 2.45) is 0 Å². The number of aromatic nitrogens is 3. The van der Waals surface area contributed by atoms with Crippen molar-refractivity contribution >= 4 is 11.1 Å². The molecule has 0 saturated carbocycles. The summed E-state index contributed by atoms with van der Waals surface area (Å²) in [5, 5.41) is 0. The Balaban J connectivity index is 2.07. The van der Waals surface area contributed by atoms with Crippen molar-refractivity contribution in [3.63, 3.8) is 0 Å². The molecular weight excluding hydrogens is 238 g/mol. The number of hydrogen-bond acceptors (Lipinski definition) is 4. The van der Waals surface area contributed by atoms with Crippen molar-refractivity contribution in [3.8, 4) is 12.3 Å². The molecule has 0 amide bonds. The van der Waals surface area contributed by atoms with Crippen LogP contribution >= 0.6 is 0 Å². The Labute approximate surface area is 110 Å². The highest BCUT2D eigenvalue weighted by Crippen LogP contribution is 2.28. The van der Waals surface area contributed by atoms with Gasteiger partial charge in [0, 0.05) is 12.6 Å². The van der Waals surface area contributed by atoms with Crippen LogP contribution < -0.4 is 0 Å². The average molecular weight is 249 g/mol. The van der Waals surface area contributed by atoms with E-state index in [1.54, 1.807) is 6.20 Å². The maximum Gasteiger partial charge on any atom is 0.205 e. The molecule has 0 aliphatic heterocycles. The van der Waals surface area contributed by atoms with Crippen LogP contribution in [0.15, 0.2) is 47.3 Å². The van der Waals surface area contributed by atoms with E-state index >= 15 is 0 Å². The second-order valence-corrected chi connectivity index (χ2v) is 4.11. The predicted octanol–water partition coefficient (Wildman–Crippen LogP) is 2.77. The lowest BCUT2D eigenvalue weighted by Gasteiger charge is -2.08. The number of benzene rings is 1. The summed E-state index contributed by atoms with van der Waals surface area (Å²) in [6.45, 7) is 0. The molecule has 0 radical (unpaired) electrons. The molecule has 0 bridgehead atoms. The fourth-order valence-electron chi connectivity index (χ4n) is 1.98. The molecule has 0 fully saturated rings. The summed E-state index contributed by atoms with van der Waals surface area (Å²) in [4.78, 5) is 12.6. The van der Waals surface area contributed by atoms with E-state index < -0.39 is 0 Å². The third kappa shape index (κ3) is 2.18. The average Bonchev–Trinajstić information content (AvgIpc) is 2.89. The summed E-state index contributed by atoms with van der Waals surface area (Å²) in [6, 6.07) is 9.47. The lowest BCUT2D eigenvalue weighted by Crippen LogP contribution is -2.03. The van der Waals surface area contributed by atoms with Crippen molar-refractivity contribution in [2.75, 3.05) is 0 Å². The fourth-order valence-corrected chi connectivity index (χ4v) is 1.98. The molecular formula is C15H11N3O. The van der Waals surface area contributed by atoms with E-state index in [2.05, 4.69) is 20.9 Å². The zero-order valence-electron chi connectivity index (χ0n) is 10.2. The fraction of sp³-hybridized carbons (Fsp3) is 0.133. The summed E-state index contributed by atoms with van der Waals surface area (Å²) in [5.74, 6) is 3.11. The Morgan fingerprint density at radius 2 is 2.16 bits per heavy atom. The molecule has 4 heteroatoms. The standard InChI is InChI=1S/C15H11N3O/c1-2-5-11(12-8-9-16-10-17-12)15-18-13-6-3-4-7-14(13)19-15/h1,3-4,6-11H,5H2. The van der Waals surface area contributed by atoms with Gasteiger partial charge in [0.05, 0.1) is 11.6 Å². The summed E-state index contributed by atoms with van der Waals surface area (Å²) < 4.78 is 5.77. The van der Waals surface area contributed by atoms with Crippen LogP contribution in [-0.4, -0.2) is 15.0 Å². The molecule has 4 nitrogen and oxygen atoms in total. The molecule has 19 heavy (non-hydrogen) atoms. The van der Waals surface area contributed by atoms with Gasteiger partial charge < -0.3 is 4.42 Å². The molecule has 1 aromatic carbocycles. The lowest BCUT2D eigenvalue weighted by atomic mass is 10.0. The van der Waals surface area contributed by atoms with Crippen LogP contribution in [0.4, 0.5) is 0 Å². The Morgan fingerprint density at radius 1 is 1.26 bits per heavy atom. The van der Waals surface area contributed by atoms with Crippen LogP contribution in [-0.2, 0) is 0 Å². The number of nitrogens with zero attached hydrogens (tertiary/aromatic N) is 3. The first-order valence-electron chi connectivity index (χ1n) is 5.93. The number of terminal acetylenes is 1. The van der Waals surface area contributed by atoms with Crippen LogP contribution in [0.25, 0.3) is 11.1 Å². The van der Waals surface area contributed by atoms with Gasteiger partial charge in [0.25, 0.3) is 0 Å². The van der Waals surface area contributed by atoms with Gasteiger partial charge in [-0.15, -0.1) is 12.3 Å². The number of fused-ring (bicyclic) bond motifs is 1. The Morgan fingerprint density at radius 3 is 2.89 bits per heavy atom. The molecule has 2 heterocycles. The van der Waals surface area contributed by atoms with Crippen molar-refractivity contribution in [3.05, 3.63) is 54.4 Å². The van der Waals surface area contributed by atoms with Gasteiger partial charge in [0.1, 0.15) is 11.8 Å². The minimum atomic E-state index is -0.139. The van der Waals surface area contributed by atoms with Crippen molar-refractivity contribution < 1.29 is 4.42 Å². The largest absolute Gasteiger partial charge is 0.440 e. The highest BCUT2D eigenvalue weighted by Gasteiger charge is 2.20. The molecule has 92 valence electrons. The van der Waals surface area contributed by atoms with Gasteiger partial charge in [-0.2, -0.15) is 0 Å². The molecule has 1 atom stereocenters. The lowest BCUT2D eigenvalue weighted by molar-refractivity contribution is 0.498. The van der Waals surface area contributed by atoms with Gasteiger partial charge in [-0.1, -0.05) is 12.1 Å². The monoisotopic (exact) mass is 249 g/mol. The number of rotatable bonds is 3. The molecule has 2 aromatic heterocycles.